The van der Waals surface area contributed by atoms with Crippen molar-refractivity contribution < 1.29 is 32.3 Å². The summed E-state index contributed by atoms with van der Waals surface area (Å²) in [5, 5.41) is 14.5. The van der Waals surface area contributed by atoms with E-state index in [1.54, 1.807) is 23.1 Å². The smallest absolute Gasteiger partial charge is 0.419 e. The lowest BCUT2D eigenvalue weighted by atomic mass is 9.75. The van der Waals surface area contributed by atoms with Gasteiger partial charge in [-0.15, -0.1) is 0 Å². The first kappa shape index (κ1) is 30.4. The number of aromatic nitrogens is 3. The van der Waals surface area contributed by atoms with Crippen LogP contribution in [-0.2, 0) is 22.3 Å². The molecule has 4 amide bonds. The van der Waals surface area contributed by atoms with E-state index in [0.717, 1.165) is 29.3 Å². The Hall–Kier alpha value is -4.67. The Bertz CT molecular complexity index is 1730. The molecule has 1 aliphatic carbocycles. The summed E-state index contributed by atoms with van der Waals surface area (Å²) < 4.78 is 48.3. The van der Waals surface area contributed by atoms with E-state index >= 15 is 0 Å². The molecule has 0 radical (unpaired) electrons. The average molecular weight is 624 g/mol. The van der Waals surface area contributed by atoms with Crippen LogP contribution in [0.25, 0.3) is 10.9 Å². The molecule has 14 heteroatoms. The van der Waals surface area contributed by atoms with Crippen molar-refractivity contribution in [2.24, 2.45) is 5.92 Å². The van der Waals surface area contributed by atoms with Crippen molar-refractivity contribution in [2.75, 3.05) is 22.9 Å². The van der Waals surface area contributed by atoms with E-state index in [1.807, 2.05) is 31.6 Å². The number of likely N-dealkylation sites (tertiary alicyclic amines) is 1. The van der Waals surface area contributed by atoms with Crippen LogP contribution in [0, 0.1) is 17.2 Å². The van der Waals surface area contributed by atoms with E-state index in [1.165, 1.54) is 11.0 Å². The van der Waals surface area contributed by atoms with Crippen molar-refractivity contribution >= 4 is 40.3 Å². The number of amides is 4. The molecule has 1 aromatic carbocycles. The first-order valence-electron chi connectivity index (χ1n) is 14.8. The van der Waals surface area contributed by atoms with Gasteiger partial charge < -0.3 is 9.64 Å². The topological polar surface area (TPSA) is 125 Å². The fourth-order valence-electron chi connectivity index (χ4n) is 6.28. The predicted molar refractivity (Wildman–Crippen MR) is 156 cm³/mol. The summed E-state index contributed by atoms with van der Waals surface area (Å²) in [5.74, 6) is -0.323. The molecule has 3 fully saturated rings. The summed E-state index contributed by atoms with van der Waals surface area (Å²) in [7, 11) is 0. The molecule has 3 aromatic rings. The van der Waals surface area contributed by atoms with Crippen LogP contribution in [0.5, 0.6) is 0 Å². The second-order valence-electron chi connectivity index (χ2n) is 12.8. The van der Waals surface area contributed by atoms with Crippen molar-refractivity contribution in [2.45, 2.75) is 76.7 Å². The van der Waals surface area contributed by atoms with Crippen molar-refractivity contribution in [3.05, 3.63) is 47.9 Å². The minimum absolute atomic E-state index is 0.296. The van der Waals surface area contributed by atoms with Gasteiger partial charge in [-0.05, 0) is 83.1 Å². The average Bonchev–Trinajstić information content (AvgIpc) is 3.45. The molecule has 6 rings (SSSR count). The third kappa shape index (κ3) is 5.44. The van der Waals surface area contributed by atoms with Crippen LogP contribution in [0.2, 0.25) is 0 Å². The molecule has 4 heterocycles. The molecule has 1 saturated carbocycles. The number of carbonyl (C=O) groups is 3. The lowest BCUT2D eigenvalue weighted by molar-refractivity contribution is -0.138. The van der Waals surface area contributed by atoms with Crippen molar-refractivity contribution in [3.8, 4) is 6.07 Å². The molecule has 11 nitrogen and oxygen atoms in total. The van der Waals surface area contributed by atoms with Crippen LogP contribution in [0.3, 0.4) is 0 Å². The van der Waals surface area contributed by atoms with Crippen LogP contribution in [0.1, 0.15) is 64.1 Å². The number of nitriles is 1. The number of hydrogen-bond donors (Lipinski definition) is 0. The number of imide groups is 1. The van der Waals surface area contributed by atoms with Crippen LogP contribution in [-0.4, -0.2) is 61.9 Å². The SMILES string of the molecule is CC(C)(C)OC(=O)N1CCC(Cn2cc3cc(N4C(=O)N(c5cnc(C#N)c(C(F)(F)F)c5)C(=O)C45CCC5)ccc3n2)CC1. The molecule has 2 aliphatic heterocycles. The zero-order valence-corrected chi connectivity index (χ0v) is 25.1. The molecular weight excluding hydrogens is 591 g/mol. The Kier molecular flexibility index (Phi) is 7.25. The van der Waals surface area contributed by atoms with Crippen LogP contribution in [0.4, 0.5) is 34.1 Å². The fraction of sp³-hybridized carbons (Fsp3) is 0.484. The summed E-state index contributed by atoms with van der Waals surface area (Å²) in [5.41, 5.74) is -3.13. The van der Waals surface area contributed by atoms with E-state index in [0.29, 0.717) is 62.1 Å². The lowest BCUT2D eigenvalue weighted by Gasteiger charge is -2.42. The Labute approximate surface area is 257 Å². The monoisotopic (exact) mass is 623 g/mol. The maximum atomic E-state index is 13.8. The summed E-state index contributed by atoms with van der Waals surface area (Å²) >= 11 is 0. The minimum atomic E-state index is -4.89. The van der Waals surface area contributed by atoms with Gasteiger partial charge in [0, 0.05) is 36.9 Å². The second kappa shape index (κ2) is 10.7. The number of carbonyl (C=O) groups excluding carboxylic acids is 3. The molecule has 1 spiro atoms. The first-order chi connectivity index (χ1) is 21.2. The van der Waals surface area contributed by atoms with Gasteiger partial charge in [-0.25, -0.2) is 19.5 Å². The molecule has 2 saturated heterocycles. The van der Waals surface area contributed by atoms with E-state index in [2.05, 4.69) is 10.1 Å². The summed E-state index contributed by atoms with van der Waals surface area (Å²) in [6.07, 6.45) is 0.605. The molecule has 45 heavy (non-hydrogen) atoms. The number of nitrogens with zero attached hydrogens (tertiary/aromatic N) is 7. The van der Waals surface area contributed by atoms with Crippen molar-refractivity contribution in [3.63, 3.8) is 0 Å². The van der Waals surface area contributed by atoms with Gasteiger partial charge in [0.25, 0.3) is 5.91 Å². The van der Waals surface area contributed by atoms with E-state index < -0.39 is 40.5 Å². The van der Waals surface area contributed by atoms with Gasteiger partial charge in [0.1, 0.15) is 17.2 Å². The zero-order valence-electron chi connectivity index (χ0n) is 25.1. The zero-order chi connectivity index (χ0) is 32.3. The molecule has 3 aliphatic rings. The number of hydrogen-bond acceptors (Lipinski definition) is 7. The molecular formula is C31H32F3N7O4. The predicted octanol–water partition coefficient (Wildman–Crippen LogP) is 5.86. The third-order valence-electron chi connectivity index (χ3n) is 8.64. The van der Waals surface area contributed by atoms with Gasteiger partial charge in [-0.1, -0.05) is 0 Å². The van der Waals surface area contributed by atoms with E-state index in [4.69, 9.17) is 10.00 Å². The quantitative estimate of drug-likeness (QED) is 0.333. The van der Waals surface area contributed by atoms with Crippen molar-refractivity contribution in [1.82, 2.24) is 19.7 Å². The standard InChI is InChI=1S/C31H32F3N7O4/c1-29(2,3)45-28(44)38-11-7-19(8-12-38)17-39-18-20-13-21(5-6-24(20)37-39)41-27(43)40(26(42)30(41)9-4-10-30)22-14-23(31(32,33)34)25(15-35)36-16-22/h5-6,13-14,16,18-19H,4,7-12,17H2,1-3H3. The second-order valence-corrected chi connectivity index (χ2v) is 12.8. The summed E-state index contributed by atoms with van der Waals surface area (Å²) in [6.45, 7) is 7.33. The Morgan fingerprint density at radius 3 is 2.42 bits per heavy atom. The number of rotatable bonds is 4. The molecule has 0 atom stereocenters. The number of anilines is 2. The minimum Gasteiger partial charge on any atom is -0.444 e. The number of benzene rings is 1. The Morgan fingerprint density at radius 1 is 1.11 bits per heavy atom. The van der Waals surface area contributed by atoms with Gasteiger partial charge in [0.15, 0.2) is 5.69 Å². The maximum absolute atomic E-state index is 13.8. The summed E-state index contributed by atoms with van der Waals surface area (Å²) in [4.78, 5) is 47.3. The van der Waals surface area contributed by atoms with E-state index in [9.17, 15) is 27.6 Å². The highest BCUT2D eigenvalue weighted by Crippen LogP contribution is 2.48. The number of pyridine rings is 1. The highest BCUT2D eigenvalue weighted by Gasteiger charge is 2.61. The van der Waals surface area contributed by atoms with Crippen LogP contribution < -0.4 is 9.80 Å². The van der Waals surface area contributed by atoms with Gasteiger partial charge in [0.2, 0.25) is 0 Å². The number of alkyl halides is 3. The van der Waals surface area contributed by atoms with E-state index in [-0.39, 0.29) is 11.8 Å². The maximum Gasteiger partial charge on any atom is 0.419 e. The highest BCUT2D eigenvalue weighted by molar-refractivity contribution is 6.31. The van der Waals surface area contributed by atoms with Crippen LogP contribution in [0.15, 0.2) is 36.7 Å². The highest BCUT2D eigenvalue weighted by atomic mass is 19.4. The first-order valence-corrected chi connectivity index (χ1v) is 14.8. The molecule has 0 N–H and O–H groups in total. The van der Waals surface area contributed by atoms with Crippen molar-refractivity contribution in [1.29, 1.82) is 5.26 Å². The van der Waals surface area contributed by atoms with Gasteiger partial charge in [-0.2, -0.15) is 23.5 Å². The van der Waals surface area contributed by atoms with Gasteiger partial charge in [0.05, 0.1) is 23.0 Å². The fourth-order valence-corrected chi connectivity index (χ4v) is 6.28. The number of fused-ring (bicyclic) bond motifs is 1. The third-order valence-corrected chi connectivity index (χ3v) is 8.64. The Morgan fingerprint density at radius 2 is 1.82 bits per heavy atom. The molecule has 0 unspecified atom stereocenters. The molecule has 2 aromatic heterocycles. The number of ether oxygens (including phenoxy) is 1. The Balaban J connectivity index is 1.22. The summed E-state index contributed by atoms with van der Waals surface area (Å²) in [6, 6.07) is 6.47. The largest absolute Gasteiger partial charge is 0.444 e. The number of urea groups is 1. The van der Waals surface area contributed by atoms with Crippen LogP contribution >= 0.6 is 0 Å². The lowest BCUT2D eigenvalue weighted by Crippen LogP contribution is -2.55. The molecule has 236 valence electrons. The number of piperidine rings is 1. The van der Waals surface area contributed by atoms with Gasteiger partial charge in [-0.3, -0.25) is 14.4 Å². The molecule has 0 bridgehead atoms. The normalized spacial score (nSPS) is 18.9. The van der Waals surface area contributed by atoms with Gasteiger partial charge >= 0.3 is 18.3 Å². The number of halogens is 3.